The molecule has 22 heavy (non-hydrogen) atoms. The van der Waals surface area contributed by atoms with Crippen LogP contribution in [0.2, 0.25) is 0 Å². The Morgan fingerprint density at radius 1 is 1.32 bits per heavy atom. The summed E-state index contributed by atoms with van der Waals surface area (Å²) in [6, 6.07) is 2.93. The van der Waals surface area contributed by atoms with E-state index < -0.39 is 23.2 Å². The zero-order chi connectivity index (χ0) is 16.7. The highest BCUT2D eigenvalue weighted by molar-refractivity contribution is 5.77. The summed E-state index contributed by atoms with van der Waals surface area (Å²) in [6.07, 6.45) is 0.153. The van der Waals surface area contributed by atoms with E-state index in [2.05, 4.69) is 10.6 Å². The molecule has 2 N–H and O–H groups in total. The zero-order valence-corrected chi connectivity index (χ0v) is 12.2. The zero-order valence-electron chi connectivity index (χ0n) is 12.2. The van der Waals surface area contributed by atoms with E-state index in [1.807, 2.05) is 0 Å². The normalized spacial score (nSPS) is 9.77. The molecule has 8 heteroatoms. The third-order valence-corrected chi connectivity index (χ3v) is 2.96. The van der Waals surface area contributed by atoms with Gasteiger partial charge in [0.15, 0.2) is 0 Å². The number of urea groups is 1. The van der Waals surface area contributed by atoms with Crippen molar-refractivity contribution in [3.63, 3.8) is 0 Å². The summed E-state index contributed by atoms with van der Waals surface area (Å²) in [5, 5.41) is 13.5. The topological polar surface area (TPSA) is 85.2 Å². The Morgan fingerprint density at radius 3 is 2.41 bits per heavy atom. The van der Waals surface area contributed by atoms with Gasteiger partial charge in [-0.15, -0.1) is 0 Å². The standard InChI is InChI=1S/C14H16F2N4O2/c1-18-13(21)3-4-20(2)14(22)19-8-9-5-11(15)10(7-17)12(16)6-9/h5-6H,3-4,8H2,1-2H3,(H,18,21)(H,19,22). The molecule has 1 rings (SSSR count). The Morgan fingerprint density at radius 2 is 1.91 bits per heavy atom. The average molecular weight is 310 g/mol. The summed E-state index contributed by atoms with van der Waals surface area (Å²) < 4.78 is 26.8. The average Bonchev–Trinajstić information content (AvgIpc) is 2.49. The second kappa shape index (κ2) is 7.93. The molecule has 1 aromatic rings. The first-order chi connectivity index (χ1) is 10.4. The Kier molecular flexibility index (Phi) is 6.25. The number of benzene rings is 1. The quantitative estimate of drug-likeness (QED) is 0.854. The van der Waals surface area contributed by atoms with Crippen LogP contribution in [0, 0.1) is 23.0 Å². The SMILES string of the molecule is CNC(=O)CCN(C)C(=O)NCc1cc(F)c(C#N)c(F)c1. The van der Waals surface area contributed by atoms with Gasteiger partial charge in [-0.3, -0.25) is 4.79 Å². The lowest BCUT2D eigenvalue weighted by molar-refractivity contribution is -0.120. The smallest absolute Gasteiger partial charge is 0.317 e. The first kappa shape index (κ1) is 17.4. The third kappa shape index (κ3) is 4.70. The van der Waals surface area contributed by atoms with E-state index in [9.17, 15) is 18.4 Å². The van der Waals surface area contributed by atoms with Gasteiger partial charge in [-0.05, 0) is 17.7 Å². The fraction of sp³-hybridized carbons (Fsp3) is 0.357. The Hall–Kier alpha value is -2.69. The number of nitrogens with zero attached hydrogens (tertiary/aromatic N) is 2. The molecule has 6 nitrogen and oxygen atoms in total. The number of halogens is 2. The van der Waals surface area contributed by atoms with E-state index >= 15 is 0 Å². The van der Waals surface area contributed by atoms with Gasteiger partial charge >= 0.3 is 6.03 Å². The van der Waals surface area contributed by atoms with Crippen LogP contribution in [0.25, 0.3) is 0 Å². The lowest BCUT2D eigenvalue weighted by Gasteiger charge is -2.17. The fourth-order valence-corrected chi connectivity index (χ4v) is 1.64. The molecule has 0 unspecified atom stereocenters. The van der Waals surface area contributed by atoms with Crippen LogP contribution in [0.15, 0.2) is 12.1 Å². The predicted molar refractivity (Wildman–Crippen MR) is 74.6 cm³/mol. The van der Waals surface area contributed by atoms with Crippen molar-refractivity contribution in [1.82, 2.24) is 15.5 Å². The van der Waals surface area contributed by atoms with Crippen LogP contribution in [0.1, 0.15) is 17.5 Å². The fourth-order valence-electron chi connectivity index (χ4n) is 1.64. The molecule has 0 spiro atoms. The van der Waals surface area contributed by atoms with Gasteiger partial charge in [0.05, 0.1) is 0 Å². The van der Waals surface area contributed by atoms with Crippen molar-refractivity contribution in [2.24, 2.45) is 0 Å². The molecule has 0 aliphatic heterocycles. The Bertz CT molecular complexity index is 590. The molecule has 0 aliphatic rings. The van der Waals surface area contributed by atoms with Crippen LogP contribution in [0.4, 0.5) is 13.6 Å². The van der Waals surface area contributed by atoms with Crippen LogP contribution >= 0.6 is 0 Å². The molecule has 0 saturated carbocycles. The van der Waals surface area contributed by atoms with E-state index in [1.54, 1.807) is 0 Å². The number of nitrogens with one attached hydrogen (secondary N) is 2. The molecular formula is C14H16F2N4O2. The summed E-state index contributed by atoms with van der Waals surface area (Å²) in [4.78, 5) is 24.1. The van der Waals surface area contributed by atoms with E-state index in [0.717, 1.165) is 12.1 Å². The molecule has 0 heterocycles. The number of amides is 3. The minimum absolute atomic E-state index is 0.0945. The molecule has 3 amide bonds. The van der Waals surface area contributed by atoms with Crippen LogP contribution in [-0.2, 0) is 11.3 Å². The van der Waals surface area contributed by atoms with Crippen molar-refractivity contribution in [1.29, 1.82) is 5.26 Å². The third-order valence-electron chi connectivity index (χ3n) is 2.96. The van der Waals surface area contributed by atoms with Crippen molar-refractivity contribution >= 4 is 11.9 Å². The summed E-state index contributed by atoms with van der Waals surface area (Å²) in [5.41, 5.74) is -0.458. The van der Waals surface area contributed by atoms with E-state index in [0.29, 0.717) is 0 Å². The van der Waals surface area contributed by atoms with Crippen molar-refractivity contribution in [2.75, 3.05) is 20.6 Å². The largest absolute Gasteiger partial charge is 0.359 e. The minimum atomic E-state index is -0.972. The summed E-state index contributed by atoms with van der Waals surface area (Å²) in [5.74, 6) is -2.14. The van der Waals surface area contributed by atoms with E-state index in [4.69, 9.17) is 5.26 Å². The molecule has 0 atom stereocenters. The van der Waals surface area contributed by atoms with Gasteiger partial charge in [-0.2, -0.15) is 5.26 Å². The molecule has 118 valence electrons. The van der Waals surface area contributed by atoms with Gasteiger partial charge in [0.1, 0.15) is 23.3 Å². The van der Waals surface area contributed by atoms with Crippen molar-refractivity contribution in [2.45, 2.75) is 13.0 Å². The molecule has 0 bridgehead atoms. The first-order valence-electron chi connectivity index (χ1n) is 6.46. The highest BCUT2D eigenvalue weighted by atomic mass is 19.1. The monoisotopic (exact) mass is 310 g/mol. The highest BCUT2D eigenvalue weighted by Gasteiger charge is 2.13. The summed E-state index contributed by atoms with van der Waals surface area (Å²) >= 11 is 0. The molecule has 1 aromatic carbocycles. The molecule has 0 fully saturated rings. The van der Waals surface area contributed by atoms with Gasteiger partial charge in [0.25, 0.3) is 0 Å². The van der Waals surface area contributed by atoms with Crippen molar-refractivity contribution < 1.29 is 18.4 Å². The number of hydrogen-bond acceptors (Lipinski definition) is 3. The second-order valence-electron chi connectivity index (χ2n) is 4.55. The van der Waals surface area contributed by atoms with Gasteiger partial charge in [-0.25, -0.2) is 13.6 Å². The number of carbonyl (C=O) groups excluding carboxylic acids is 2. The number of carbonyl (C=O) groups is 2. The van der Waals surface area contributed by atoms with E-state index in [1.165, 1.54) is 25.1 Å². The second-order valence-corrected chi connectivity index (χ2v) is 4.55. The minimum Gasteiger partial charge on any atom is -0.359 e. The van der Waals surface area contributed by atoms with Crippen molar-refractivity contribution in [3.05, 3.63) is 34.9 Å². The van der Waals surface area contributed by atoms with Crippen LogP contribution in [0.3, 0.4) is 0 Å². The lowest BCUT2D eigenvalue weighted by Crippen LogP contribution is -2.38. The van der Waals surface area contributed by atoms with Crippen LogP contribution in [0.5, 0.6) is 0 Å². The van der Waals surface area contributed by atoms with Gasteiger partial charge in [-0.1, -0.05) is 0 Å². The Balaban J connectivity index is 2.57. The summed E-state index contributed by atoms with van der Waals surface area (Å²) in [7, 11) is 2.99. The lowest BCUT2D eigenvalue weighted by atomic mass is 10.1. The van der Waals surface area contributed by atoms with Crippen LogP contribution in [-0.4, -0.2) is 37.5 Å². The molecular weight excluding hydrogens is 294 g/mol. The maximum Gasteiger partial charge on any atom is 0.317 e. The first-order valence-corrected chi connectivity index (χ1v) is 6.46. The predicted octanol–water partition coefficient (Wildman–Crippen LogP) is 1.11. The maximum absolute atomic E-state index is 13.4. The van der Waals surface area contributed by atoms with Gasteiger partial charge < -0.3 is 15.5 Å². The maximum atomic E-state index is 13.4. The van der Waals surface area contributed by atoms with Crippen LogP contribution < -0.4 is 10.6 Å². The number of rotatable bonds is 5. The number of hydrogen-bond donors (Lipinski definition) is 2. The highest BCUT2D eigenvalue weighted by Crippen LogP contribution is 2.14. The van der Waals surface area contributed by atoms with Gasteiger partial charge in [0, 0.05) is 33.6 Å². The van der Waals surface area contributed by atoms with Crippen molar-refractivity contribution in [3.8, 4) is 6.07 Å². The Labute approximate surface area is 126 Å². The van der Waals surface area contributed by atoms with Gasteiger partial charge in [0.2, 0.25) is 5.91 Å². The number of nitriles is 1. The molecule has 0 saturated heterocycles. The molecule has 0 radical (unpaired) electrons. The molecule has 0 aliphatic carbocycles. The summed E-state index contributed by atoms with van der Waals surface area (Å²) in [6.45, 7) is 0.115. The van der Waals surface area contributed by atoms with E-state index in [-0.39, 0.29) is 31.0 Å². The molecule has 0 aromatic heterocycles.